The molecule has 2 aromatic rings. The van der Waals surface area contributed by atoms with E-state index < -0.39 is 0 Å². The van der Waals surface area contributed by atoms with Gasteiger partial charge in [0.25, 0.3) is 0 Å². The lowest BCUT2D eigenvalue weighted by Crippen LogP contribution is -2.07. The van der Waals surface area contributed by atoms with Gasteiger partial charge in [0.05, 0.1) is 12.3 Å². The largest absolute Gasteiger partial charge is 0.494 e. The van der Waals surface area contributed by atoms with Crippen molar-refractivity contribution in [2.24, 2.45) is 5.73 Å². The molecule has 0 fully saturated rings. The maximum absolute atomic E-state index is 5.74. The van der Waals surface area contributed by atoms with E-state index in [2.05, 4.69) is 22.4 Å². The van der Waals surface area contributed by atoms with Crippen molar-refractivity contribution in [3.05, 3.63) is 30.1 Å². The molecule has 2 N–H and O–H groups in total. The zero-order valence-electron chi connectivity index (χ0n) is 13.2. The van der Waals surface area contributed by atoms with E-state index in [9.17, 15) is 0 Å². The first-order chi connectivity index (χ1) is 10.8. The molecule has 0 bridgehead atoms. The average molecular weight is 303 g/mol. The van der Waals surface area contributed by atoms with Crippen LogP contribution in [-0.2, 0) is 6.42 Å². The Morgan fingerprint density at radius 1 is 1.09 bits per heavy atom. The molecule has 22 heavy (non-hydrogen) atoms. The molecule has 0 unspecified atom stereocenters. The molecule has 2 rings (SSSR count). The standard InChI is InChI=1S/C16H25N5O/c1-2-3-4-5-13-22-15-10-8-14(9-11-15)21-16(7-6-12-17)18-19-20-21/h8-11H,2-7,12-13,17H2,1H3. The SMILES string of the molecule is CCCCCCOc1ccc(-n2nnnc2CCCN)cc1. The molecular formula is C16H25N5O. The molecule has 0 amide bonds. The maximum Gasteiger partial charge on any atom is 0.156 e. The molecule has 0 radical (unpaired) electrons. The summed E-state index contributed by atoms with van der Waals surface area (Å²) >= 11 is 0. The van der Waals surface area contributed by atoms with E-state index in [1.807, 2.05) is 24.3 Å². The first kappa shape index (κ1) is 16.4. The molecular weight excluding hydrogens is 278 g/mol. The third-order valence-electron chi connectivity index (χ3n) is 3.49. The number of aryl methyl sites for hydroxylation is 1. The van der Waals surface area contributed by atoms with Crippen molar-refractivity contribution < 1.29 is 4.74 Å². The first-order valence-electron chi connectivity index (χ1n) is 8.05. The second kappa shape index (κ2) is 9.15. The van der Waals surface area contributed by atoms with Crippen molar-refractivity contribution in [2.75, 3.05) is 13.2 Å². The number of nitrogens with zero attached hydrogens (tertiary/aromatic N) is 4. The van der Waals surface area contributed by atoms with E-state index >= 15 is 0 Å². The normalized spacial score (nSPS) is 10.8. The van der Waals surface area contributed by atoms with Gasteiger partial charge >= 0.3 is 0 Å². The van der Waals surface area contributed by atoms with Gasteiger partial charge in [0.15, 0.2) is 5.82 Å². The Morgan fingerprint density at radius 3 is 2.64 bits per heavy atom. The highest BCUT2D eigenvalue weighted by molar-refractivity contribution is 5.37. The van der Waals surface area contributed by atoms with Crippen LogP contribution in [-0.4, -0.2) is 33.4 Å². The van der Waals surface area contributed by atoms with Crippen molar-refractivity contribution in [2.45, 2.75) is 45.4 Å². The third-order valence-corrected chi connectivity index (χ3v) is 3.49. The van der Waals surface area contributed by atoms with E-state index in [4.69, 9.17) is 10.5 Å². The summed E-state index contributed by atoms with van der Waals surface area (Å²) in [6.45, 7) is 3.62. The molecule has 0 aliphatic carbocycles. The van der Waals surface area contributed by atoms with Gasteiger partial charge in [-0.25, -0.2) is 0 Å². The Balaban J connectivity index is 1.90. The van der Waals surface area contributed by atoms with Gasteiger partial charge in [-0.3, -0.25) is 0 Å². The molecule has 6 nitrogen and oxygen atoms in total. The number of nitrogens with two attached hydrogens (primary N) is 1. The fourth-order valence-corrected chi connectivity index (χ4v) is 2.22. The fraction of sp³-hybridized carbons (Fsp3) is 0.562. The van der Waals surface area contributed by atoms with Crippen LogP contribution < -0.4 is 10.5 Å². The van der Waals surface area contributed by atoms with E-state index in [0.29, 0.717) is 6.54 Å². The van der Waals surface area contributed by atoms with Gasteiger partial charge < -0.3 is 10.5 Å². The van der Waals surface area contributed by atoms with Crippen molar-refractivity contribution in [3.63, 3.8) is 0 Å². The summed E-state index contributed by atoms with van der Waals surface area (Å²) in [5.41, 5.74) is 6.48. The van der Waals surface area contributed by atoms with Crippen LogP contribution in [0.4, 0.5) is 0 Å². The topological polar surface area (TPSA) is 78.8 Å². The summed E-state index contributed by atoms with van der Waals surface area (Å²) in [4.78, 5) is 0. The van der Waals surface area contributed by atoms with E-state index in [-0.39, 0.29) is 0 Å². The predicted octanol–water partition coefficient (Wildman–Crippen LogP) is 2.51. The number of tetrazole rings is 1. The summed E-state index contributed by atoms with van der Waals surface area (Å²) in [6.07, 6.45) is 6.49. The zero-order chi connectivity index (χ0) is 15.6. The molecule has 0 saturated carbocycles. The molecule has 1 aromatic heterocycles. The quantitative estimate of drug-likeness (QED) is 0.682. The minimum Gasteiger partial charge on any atom is -0.494 e. The molecule has 1 heterocycles. The Kier molecular flexibility index (Phi) is 6.83. The minimum absolute atomic E-state index is 0.637. The van der Waals surface area contributed by atoms with Crippen LogP contribution in [0.15, 0.2) is 24.3 Å². The van der Waals surface area contributed by atoms with Crippen LogP contribution in [0.25, 0.3) is 5.69 Å². The number of unbranched alkanes of at least 4 members (excludes halogenated alkanes) is 3. The van der Waals surface area contributed by atoms with E-state index in [0.717, 1.165) is 43.1 Å². The molecule has 0 spiro atoms. The summed E-state index contributed by atoms with van der Waals surface area (Å²) in [5, 5.41) is 11.8. The van der Waals surface area contributed by atoms with Crippen molar-refractivity contribution in [1.29, 1.82) is 0 Å². The van der Waals surface area contributed by atoms with Gasteiger partial charge in [-0.1, -0.05) is 26.2 Å². The average Bonchev–Trinajstić information content (AvgIpc) is 3.02. The second-order valence-corrected chi connectivity index (χ2v) is 5.30. The number of rotatable bonds is 10. The summed E-state index contributed by atoms with van der Waals surface area (Å²) < 4.78 is 7.49. The van der Waals surface area contributed by atoms with Gasteiger partial charge in [-0.05, 0) is 54.1 Å². The number of hydrogen-bond donors (Lipinski definition) is 1. The van der Waals surface area contributed by atoms with E-state index in [1.54, 1.807) is 4.68 Å². The molecule has 0 saturated heterocycles. The lowest BCUT2D eigenvalue weighted by Gasteiger charge is -2.08. The lowest BCUT2D eigenvalue weighted by atomic mass is 10.2. The fourth-order valence-electron chi connectivity index (χ4n) is 2.22. The van der Waals surface area contributed by atoms with Gasteiger partial charge in [0.2, 0.25) is 0 Å². The molecule has 0 atom stereocenters. The smallest absolute Gasteiger partial charge is 0.156 e. The van der Waals surface area contributed by atoms with Gasteiger partial charge in [-0.2, -0.15) is 4.68 Å². The highest BCUT2D eigenvalue weighted by atomic mass is 16.5. The summed E-state index contributed by atoms with van der Waals surface area (Å²) in [6, 6.07) is 7.88. The third kappa shape index (κ3) is 4.80. The highest BCUT2D eigenvalue weighted by Crippen LogP contribution is 2.16. The van der Waals surface area contributed by atoms with Gasteiger partial charge in [0, 0.05) is 6.42 Å². The van der Waals surface area contributed by atoms with Crippen molar-refractivity contribution >= 4 is 0 Å². The Bertz CT molecular complexity index is 538. The van der Waals surface area contributed by atoms with Crippen LogP contribution in [0.3, 0.4) is 0 Å². The molecule has 6 heteroatoms. The maximum atomic E-state index is 5.74. The Labute approximate surface area is 131 Å². The number of aromatic nitrogens is 4. The monoisotopic (exact) mass is 303 g/mol. The van der Waals surface area contributed by atoms with Gasteiger partial charge in [-0.15, -0.1) is 5.10 Å². The van der Waals surface area contributed by atoms with E-state index in [1.165, 1.54) is 19.3 Å². The van der Waals surface area contributed by atoms with Crippen LogP contribution in [0.1, 0.15) is 44.9 Å². The van der Waals surface area contributed by atoms with Crippen LogP contribution in [0.5, 0.6) is 5.75 Å². The Hall–Kier alpha value is -1.95. The molecule has 0 aliphatic rings. The first-order valence-corrected chi connectivity index (χ1v) is 8.05. The zero-order valence-corrected chi connectivity index (χ0v) is 13.2. The highest BCUT2D eigenvalue weighted by Gasteiger charge is 2.07. The van der Waals surface area contributed by atoms with Crippen molar-refractivity contribution in [3.8, 4) is 11.4 Å². The van der Waals surface area contributed by atoms with Crippen LogP contribution in [0.2, 0.25) is 0 Å². The van der Waals surface area contributed by atoms with Crippen LogP contribution >= 0.6 is 0 Å². The summed E-state index contributed by atoms with van der Waals surface area (Å²) in [7, 11) is 0. The molecule has 0 aliphatic heterocycles. The minimum atomic E-state index is 0.637. The van der Waals surface area contributed by atoms with Crippen LogP contribution in [0, 0.1) is 0 Å². The number of benzene rings is 1. The lowest BCUT2D eigenvalue weighted by molar-refractivity contribution is 0.305. The summed E-state index contributed by atoms with van der Waals surface area (Å²) in [5.74, 6) is 1.72. The number of hydrogen-bond acceptors (Lipinski definition) is 5. The second-order valence-electron chi connectivity index (χ2n) is 5.30. The number of ether oxygens (including phenoxy) is 1. The predicted molar refractivity (Wildman–Crippen MR) is 86.2 cm³/mol. The van der Waals surface area contributed by atoms with Crippen molar-refractivity contribution in [1.82, 2.24) is 20.2 Å². The van der Waals surface area contributed by atoms with Gasteiger partial charge in [0.1, 0.15) is 5.75 Å². The Morgan fingerprint density at radius 2 is 1.91 bits per heavy atom. The molecule has 1 aromatic carbocycles. The molecule has 120 valence electrons.